The zero-order chi connectivity index (χ0) is 19.3. The highest BCUT2D eigenvalue weighted by atomic mass is 17.1. The summed E-state index contributed by atoms with van der Waals surface area (Å²) in [7, 11) is 0. The molecule has 0 bridgehead atoms. The molecule has 0 aliphatic heterocycles. The first-order chi connectivity index (χ1) is 11.8. The number of carboxylic acids is 2. The van der Waals surface area contributed by atoms with Gasteiger partial charge < -0.3 is 15.5 Å². The molecule has 0 aromatic carbocycles. The topological polar surface area (TPSA) is 146 Å². The van der Waals surface area contributed by atoms with Gasteiger partial charge in [-0.15, -0.1) is 0 Å². The summed E-state index contributed by atoms with van der Waals surface area (Å²) < 4.78 is -0.103. The first-order valence-electron chi connectivity index (χ1n) is 7.71. The molecule has 0 saturated heterocycles. The van der Waals surface area contributed by atoms with Crippen LogP contribution in [0, 0.1) is 0 Å². The zero-order valence-electron chi connectivity index (χ0n) is 14.1. The van der Waals surface area contributed by atoms with Gasteiger partial charge in [0.2, 0.25) is 0 Å². The van der Waals surface area contributed by atoms with E-state index in [1.165, 1.54) is 0 Å². The summed E-state index contributed by atoms with van der Waals surface area (Å²) in [6, 6.07) is 0. The molecule has 0 aromatic rings. The number of hydrogen-bond donors (Lipinski definition) is 5. The van der Waals surface area contributed by atoms with Gasteiger partial charge in [0.25, 0.3) is 0 Å². The van der Waals surface area contributed by atoms with E-state index in [9.17, 15) is 9.59 Å². The van der Waals surface area contributed by atoms with Crippen LogP contribution in [0.2, 0.25) is 0 Å². The molecule has 0 heterocycles. The average molecular weight is 363 g/mol. The van der Waals surface area contributed by atoms with E-state index < -0.39 is 11.9 Å². The van der Waals surface area contributed by atoms with E-state index in [1.807, 2.05) is 0 Å². The van der Waals surface area contributed by atoms with Crippen molar-refractivity contribution in [2.75, 3.05) is 39.4 Å². The SMILES string of the molecule is C=C(COO)[N+](CCCNCCC(=O)O)(CCC(=O)O)C(=C)COO. The molecule has 0 radical (unpaired) electrons. The molecule has 10 heteroatoms. The lowest BCUT2D eigenvalue weighted by Crippen LogP contribution is -2.50. The second-order valence-electron chi connectivity index (χ2n) is 5.49. The fourth-order valence-corrected chi connectivity index (χ4v) is 2.44. The van der Waals surface area contributed by atoms with Crippen LogP contribution in [0.4, 0.5) is 0 Å². The summed E-state index contributed by atoms with van der Waals surface area (Å²) in [5.74, 6) is -1.92. The summed E-state index contributed by atoms with van der Waals surface area (Å²) in [6.07, 6.45) is 0.338. The minimum atomic E-state index is -1.02. The number of nitrogens with zero attached hydrogens (tertiary/aromatic N) is 1. The molecule has 0 fully saturated rings. The summed E-state index contributed by atoms with van der Waals surface area (Å²) in [6.45, 7) is 8.44. The molecule has 5 N–H and O–H groups in total. The van der Waals surface area contributed by atoms with Gasteiger partial charge in [0.15, 0.2) is 13.2 Å². The Morgan fingerprint density at radius 1 is 0.880 bits per heavy atom. The number of carbonyl (C=O) groups is 2. The van der Waals surface area contributed by atoms with Gasteiger partial charge in [0.1, 0.15) is 11.4 Å². The first-order valence-corrected chi connectivity index (χ1v) is 7.71. The Bertz CT molecular complexity index is 448. The van der Waals surface area contributed by atoms with Crippen molar-refractivity contribution in [3.8, 4) is 0 Å². The van der Waals surface area contributed by atoms with Gasteiger partial charge in [-0.2, -0.15) is 0 Å². The molecular weight excluding hydrogens is 336 g/mol. The van der Waals surface area contributed by atoms with Crippen LogP contribution in [-0.4, -0.2) is 76.5 Å². The van der Waals surface area contributed by atoms with Gasteiger partial charge >= 0.3 is 11.9 Å². The second-order valence-corrected chi connectivity index (χ2v) is 5.49. The Morgan fingerprint density at radius 3 is 1.84 bits per heavy atom. The Kier molecular flexibility index (Phi) is 11.6. The zero-order valence-corrected chi connectivity index (χ0v) is 14.1. The number of carboxylic acid groups (broad SMARTS) is 2. The number of rotatable bonds is 16. The van der Waals surface area contributed by atoms with Crippen molar-refractivity contribution in [1.82, 2.24) is 5.32 Å². The molecule has 144 valence electrons. The molecule has 0 unspecified atom stereocenters. The molecule has 0 aliphatic rings. The van der Waals surface area contributed by atoms with E-state index in [1.54, 1.807) is 0 Å². The third kappa shape index (κ3) is 8.72. The lowest BCUT2D eigenvalue weighted by molar-refractivity contribution is -0.858. The molecular formula is C15H27N2O8+. The normalized spacial score (nSPS) is 11.3. The van der Waals surface area contributed by atoms with E-state index in [-0.39, 0.29) is 37.1 Å². The molecule has 0 saturated carbocycles. The van der Waals surface area contributed by atoms with Gasteiger partial charge in [-0.3, -0.25) is 24.6 Å². The van der Waals surface area contributed by atoms with Crippen molar-refractivity contribution < 1.29 is 44.6 Å². The first kappa shape index (κ1) is 23.2. The van der Waals surface area contributed by atoms with Crippen LogP contribution in [0.3, 0.4) is 0 Å². The number of aliphatic carboxylic acids is 2. The van der Waals surface area contributed by atoms with Crippen LogP contribution in [0.15, 0.2) is 24.6 Å². The second kappa shape index (κ2) is 12.5. The van der Waals surface area contributed by atoms with Crippen LogP contribution < -0.4 is 5.32 Å². The number of nitrogens with one attached hydrogen (secondary N) is 1. The molecule has 0 atom stereocenters. The van der Waals surface area contributed by atoms with Gasteiger partial charge in [-0.05, 0) is 13.2 Å². The maximum absolute atomic E-state index is 11.0. The maximum Gasteiger partial charge on any atom is 0.309 e. The molecule has 10 nitrogen and oxygen atoms in total. The van der Waals surface area contributed by atoms with Crippen molar-refractivity contribution in [1.29, 1.82) is 0 Å². The smallest absolute Gasteiger partial charge is 0.309 e. The molecule has 0 rings (SSSR count). The fourth-order valence-electron chi connectivity index (χ4n) is 2.44. The largest absolute Gasteiger partial charge is 0.481 e. The highest BCUT2D eigenvalue weighted by Gasteiger charge is 2.36. The van der Waals surface area contributed by atoms with E-state index in [4.69, 9.17) is 20.7 Å². The van der Waals surface area contributed by atoms with Gasteiger partial charge in [-0.1, -0.05) is 0 Å². The minimum absolute atomic E-state index is 0.00483. The molecule has 0 amide bonds. The van der Waals surface area contributed by atoms with Crippen molar-refractivity contribution in [2.24, 2.45) is 0 Å². The monoisotopic (exact) mass is 363 g/mol. The molecule has 0 aromatic heterocycles. The summed E-state index contributed by atoms with van der Waals surface area (Å²) >= 11 is 0. The Balaban J connectivity index is 5.03. The molecule has 0 spiro atoms. The van der Waals surface area contributed by atoms with Gasteiger partial charge in [0.05, 0.1) is 25.9 Å². The summed E-state index contributed by atoms with van der Waals surface area (Å²) in [5.41, 5.74) is 0.715. The Morgan fingerprint density at radius 2 is 1.40 bits per heavy atom. The Labute approximate surface area is 146 Å². The van der Waals surface area contributed by atoms with Crippen molar-refractivity contribution in [2.45, 2.75) is 19.3 Å². The van der Waals surface area contributed by atoms with E-state index in [0.717, 1.165) is 0 Å². The third-order valence-corrected chi connectivity index (χ3v) is 3.79. The number of quaternary nitrogens is 1. The van der Waals surface area contributed by atoms with Crippen LogP contribution in [0.5, 0.6) is 0 Å². The van der Waals surface area contributed by atoms with Crippen LogP contribution in [-0.2, 0) is 19.4 Å². The van der Waals surface area contributed by atoms with Crippen molar-refractivity contribution in [3.63, 3.8) is 0 Å². The van der Waals surface area contributed by atoms with Crippen LogP contribution in [0.25, 0.3) is 0 Å². The fraction of sp³-hybridized carbons (Fsp3) is 0.600. The summed E-state index contributed by atoms with van der Waals surface area (Å²) in [4.78, 5) is 29.7. The van der Waals surface area contributed by atoms with E-state index in [2.05, 4.69) is 28.2 Å². The predicted molar refractivity (Wildman–Crippen MR) is 87.4 cm³/mol. The van der Waals surface area contributed by atoms with E-state index >= 15 is 0 Å². The lowest BCUT2D eigenvalue weighted by atomic mass is 10.1. The predicted octanol–water partition coefficient (Wildman–Crippen LogP) is 0.739. The van der Waals surface area contributed by atoms with Gasteiger partial charge in [0, 0.05) is 19.5 Å². The quantitative estimate of drug-likeness (QED) is 0.116. The Hall–Kier alpha value is -1.82. The standard InChI is InChI=1S/C15H26N2O8/c1-12(10-24-22)17(9-5-15(20)21,13(2)11-25-23)8-3-6-16-7-4-14(18)19/h16H,1-11H2,(H3-,18,19,20,21,22,23)/p+1. The summed E-state index contributed by atoms with van der Waals surface area (Å²) in [5, 5.41) is 38.0. The average Bonchev–Trinajstić information content (AvgIpc) is 2.53. The van der Waals surface area contributed by atoms with Gasteiger partial charge in [-0.25, -0.2) is 9.78 Å². The van der Waals surface area contributed by atoms with Crippen LogP contribution in [0.1, 0.15) is 19.3 Å². The molecule has 0 aliphatic carbocycles. The minimum Gasteiger partial charge on any atom is -0.481 e. The lowest BCUT2D eigenvalue weighted by Gasteiger charge is -2.39. The maximum atomic E-state index is 11.0. The molecule has 25 heavy (non-hydrogen) atoms. The van der Waals surface area contributed by atoms with Crippen LogP contribution >= 0.6 is 0 Å². The third-order valence-electron chi connectivity index (χ3n) is 3.79. The van der Waals surface area contributed by atoms with Crippen molar-refractivity contribution >= 4 is 11.9 Å². The van der Waals surface area contributed by atoms with Crippen molar-refractivity contribution in [3.05, 3.63) is 24.6 Å². The highest BCUT2D eigenvalue weighted by molar-refractivity contribution is 5.67. The van der Waals surface area contributed by atoms with E-state index in [0.29, 0.717) is 37.4 Å². The highest BCUT2D eigenvalue weighted by Crippen LogP contribution is 2.26. The number of hydrogen-bond acceptors (Lipinski definition) is 7.